The van der Waals surface area contributed by atoms with Crippen molar-refractivity contribution in [3.05, 3.63) is 0 Å². The average Bonchev–Trinajstić information content (AvgIpc) is 2.71. The first-order valence-corrected chi connectivity index (χ1v) is 7.46. The van der Waals surface area contributed by atoms with Gasteiger partial charge < -0.3 is 5.32 Å². The van der Waals surface area contributed by atoms with Crippen LogP contribution in [0, 0.1) is 5.41 Å². The highest BCUT2D eigenvalue weighted by molar-refractivity contribution is 4.91. The van der Waals surface area contributed by atoms with Crippen LogP contribution in [0.2, 0.25) is 0 Å². The standard InChI is InChI=1S/C15H31N/c1-4-6-7-10-14(16-13-5-2)15(3)11-8-9-12-15/h14,16H,4-13H2,1-3H3. The molecule has 0 saturated heterocycles. The second kappa shape index (κ2) is 7.32. The van der Waals surface area contributed by atoms with Gasteiger partial charge in [-0.2, -0.15) is 0 Å². The molecule has 0 amide bonds. The van der Waals surface area contributed by atoms with Crippen LogP contribution in [0.15, 0.2) is 0 Å². The third kappa shape index (κ3) is 4.08. The lowest BCUT2D eigenvalue weighted by Gasteiger charge is -2.35. The lowest BCUT2D eigenvalue weighted by atomic mass is 9.78. The summed E-state index contributed by atoms with van der Waals surface area (Å²) in [4.78, 5) is 0. The van der Waals surface area contributed by atoms with Gasteiger partial charge in [-0.25, -0.2) is 0 Å². The fourth-order valence-electron chi connectivity index (χ4n) is 3.15. The van der Waals surface area contributed by atoms with Crippen LogP contribution in [0.1, 0.15) is 78.6 Å². The van der Waals surface area contributed by atoms with Crippen molar-refractivity contribution in [1.29, 1.82) is 0 Å². The molecule has 1 saturated carbocycles. The van der Waals surface area contributed by atoms with Crippen molar-refractivity contribution < 1.29 is 0 Å². The Morgan fingerprint density at radius 3 is 2.31 bits per heavy atom. The molecule has 16 heavy (non-hydrogen) atoms. The van der Waals surface area contributed by atoms with Crippen molar-refractivity contribution in [2.45, 2.75) is 84.6 Å². The van der Waals surface area contributed by atoms with Crippen LogP contribution in [0.3, 0.4) is 0 Å². The first-order valence-electron chi connectivity index (χ1n) is 7.46. The van der Waals surface area contributed by atoms with Crippen molar-refractivity contribution >= 4 is 0 Å². The zero-order valence-corrected chi connectivity index (χ0v) is 11.6. The van der Waals surface area contributed by atoms with Gasteiger partial charge in [-0.15, -0.1) is 0 Å². The predicted molar refractivity (Wildman–Crippen MR) is 72.8 cm³/mol. The molecule has 96 valence electrons. The van der Waals surface area contributed by atoms with E-state index in [1.165, 1.54) is 64.3 Å². The molecular weight excluding hydrogens is 194 g/mol. The van der Waals surface area contributed by atoms with Crippen LogP contribution in [0.25, 0.3) is 0 Å². The predicted octanol–water partition coefficient (Wildman–Crippen LogP) is 4.52. The zero-order chi connectivity index (χ0) is 11.9. The number of unbranched alkanes of at least 4 members (excludes halogenated alkanes) is 2. The van der Waals surface area contributed by atoms with Crippen LogP contribution >= 0.6 is 0 Å². The van der Waals surface area contributed by atoms with E-state index >= 15 is 0 Å². The van der Waals surface area contributed by atoms with E-state index in [1.54, 1.807) is 0 Å². The summed E-state index contributed by atoms with van der Waals surface area (Å²) < 4.78 is 0. The fourth-order valence-corrected chi connectivity index (χ4v) is 3.15. The largest absolute Gasteiger partial charge is 0.313 e. The van der Waals surface area contributed by atoms with Gasteiger partial charge in [-0.05, 0) is 37.6 Å². The highest BCUT2D eigenvalue weighted by Gasteiger charge is 2.35. The van der Waals surface area contributed by atoms with Gasteiger partial charge in [0.15, 0.2) is 0 Å². The van der Waals surface area contributed by atoms with Crippen molar-refractivity contribution in [1.82, 2.24) is 5.32 Å². The Morgan fingerprint density at radius 1 is 1.06 bits per heavy atom. The van der Waals surface area contributed by atoms with Gasteiger partial charge in [0, 0.05) is 6.04 Å². The fraction of sp³-hybridized carbons (Fsp3) is 1.00. The summed E-state index contributed by atoms with van der Waals surface area (Å²) in [5, 5.41) is 3.81. The van der Waals surface area contributed by atoms with E-state index in [0.29, 0.717) is 5.41 Å². The van der Waals surface area contributed by atoms with Gasteiger partial charge in [0.05, 0.1) is 0 Å². The van der Waals surface area contributed by atoms with Gasteiger partial charge in [0.2, 0.25) is 0 Å². The molecule has 0 spiro atoms. The van der Waals surface area contributed by atoms with Gasteiger partial charge in [-0.3, -0.25) is 0 Å². The van der Waals surface area contributed by atoms with E-state index < -0.39 is 0 Å². The Bertz CT molecular complexity index is 170. The zero-order valence-electron chi connectivity index (χ0n) is 11.6. The maximum Gasteiger partial charge on any atom is 0.0121 e. The molecule has 1 heteroatoms. The minimum absolute atomic E-state index is 0.600. The molecule has 1 unspecified atom stereocenters. The molecule has 0 aromatic heterocycles. The van der Waals surface area contributed by atoms with Crippen molar-refractivity contribution in [3.8, 4) is 0 Å². The normalized spacial score (nSPS) is 21.2. The molecule has 0 heterocycles. The van der Waals surface area contributed by atoms with Crippen LogP contribution in [0.4, 0.5) is 0 Å². The first kappa shape index (κ1) is 14.0. The Hall–Kier alpha value is -0.0400. The van der Waals surface area contributed by atoms with Gasteiger partial charge in [0.25, 0.3) is 0 Å². The number of hydrogen-bond acceptors (Lipinski definition) is 1. The molecule has 1 N–H and O–H groups in total. The molecule has 0 radical (unpaired) electrons. The molecular formula is C15H31N. The van der Waals surface area contributed by atoms with Gasteiger partial charge in [-0.1, -0.05) is 52.9 Å². The summed E-state index contributed by atoms with van der Waals surface area (Å²) in [5.41, 5.74) is 0.600. The minimum Gasteiger partial charge on any atom is -0.313 e. The highest BCUT2D eigenvalue weighted by Crippen LogP contribution is 2.42. The monoisotopic (exact) mass is 225 g/mol. The van der Waals surface area contributed by atoms with E-state index in [9.17, 15) is 0 Å². The van der Waals surface area contributed by atoms with E-state index in [-0.39, 0.29) is 0 Å². The van der Waals surface area contributed by atoms with E-state index in [0.717, 1.165) is 6.04 Å². The van der Waals surface area contributed by atoms with Crippen molar-refractivity contribution in [2.24, 2.45) is 5.41 Å². The summed E-state index contributed by atoms with van der Waals surface area (Å²) >= 11 is 0. The van der Waals surface area contributed by atoms with Gasteiger partial charge >= 0.3 is 0 Å². The van der Waals surface area contributed by atoms with Crippen molar-refractivity contribution in [2.75, 3.05) is 6.54 Å². The summed E-state index contributed by atoms with van der Waals surface area (Å²) in [5.74, 6) is 0. The SMILES string of the molecule is CCCCCC(NCCC)C1(C)CCCC1. The number of rotatable bonds is 8. The summed E-state index contributed by atoms with van der Waals surface area (Å²) in [6.07, 6.45) is 12.6. The van der Waals surface area contributed by atoms with Crippen LogP contribution in [-0.4, -0.2) is 12.6 Å². The lowest BCUT2D eigenvalue weighted by molar-refractivity contribution is 0.206. The van der Waals surface area contributed by atoms with E-state index in [2.05, 4.69) is 26.1 Å². The Kier molecular flexibility index (Phi) is 6.41. The third-order valence-electron chi connectivity index (χ3n) is 4.32. The van der Waals surface area contributed by atoms with Gasteiger partial charge in [0.1, 0.15) is 0 Å². The third-order valence-corrected chi connectivity index (χ3v) is 4.32. The van der Waals surface area contributed by atoms with Crippen LogP contribution in [0.5, 0.6) is 0 Å². The number of nitrogens with one attached hydrogen (secondary N) is 1. The summed E-state index contributed by atoms with van der Waals surface area (Å²) in [6.45, 7) is 8.28. The Morgan fingerprint density at radius 2 is 1.75 bits per heavy atom. The van der Waals surface area contributed by atoms with Crippen molar-refractivity contribution in [3.63, 3.8) is 0 Å². The average molecular weight is 225 g/mol. The van der Waals surface area contributed by atoms with E-state index in [4.69, 9.17) is 0 Å². The molecule has 0 bridgehead atoms. The second-order valence-corrected chi connectivity index (χ2v) is 5.86. The summed E-state index contributed by atoms with van der Waals surface area (Å²) in [6, 6.07) is 0.779. The smallest absolute Gasteiger partial charge is 0.0121 e. The second-order valence-electron chi connectivity index (χ2n) is 5.86. The lowest BCUT2D eigenvalue weighted by Crippen LogP contribution is -2.42. The van der Waals surface area contributed by atoms with E-state index in [1.807, 2.05) is 0 Å². The Balaban J connectivity index is 2.41. The molecule has 1 nitrogen and oxygen atoms in total. The van der Waals surface area contributed by atoms with Crippen LogP contribution < -0.4 is 5.32 Å². The summed E-state index contributed by atoms with van der Waals surface area (Å²) in [7, 11) is 0. The van der Waals surface area contributed by atoms with Crippen LogP contribution in [-0.2, 0) is 0 Å². The highest BCUT2D eigenvalue weighted by atomic mass is 14.9. The minimum atomic E-state index is 0.600. The molecule has 1 rings (SSSR count). The molecule has 0 aromatic rings. The molecule has 1 aliphatic rings. The quantitative estimate of drug-likeness (QED) is 0.599. The molecule has 1 fully saturated rings. The topological polar surface area (TPSA) is 12.0 Å². The number of hydrogen-bond donors (Lipinski definition) is 1. The molecule has 0 aromatic carbocycles. The maximum atomic E-state index is 3.81. The molecule has 1 atom stereocenters. The Labute approximate surface area is 102 Å². The maximum absolute atomic E-state index is 3.81. The molecule has 0 aliphatic heterocycles. The molecule has 1 aliphatic carbocycles. The first-order chi connectivity index (χ1) is 7.73.